The van der Waals surface area contributed by atoms with Gasteiger partial charge in [0, 0.05) is 5.56 Å². The van der Waals surface area contributed by atoms with Gasteiger partial charge in [-0.2, -0.15) is 0 Å². The Kier molecular flexibility index (Phi) is 7.64. The summed E-state index contributed by atoms with van der Waals surface area (Å²) in [6, 6.07) is 9.48. The number of benzene rings is 2. The molecule has 3 amide bonds. The third-order valence-corrected chi connectivity index (χ3v) is 3.86. The van der Waals surface area contributed by atoms with Crippen molar-refractivity contribution >= 4 is 17.7 Å². The van der Waals surface area contributed by atoms with E-state index in [9.17, 15) is 23.2 Å². The highest BCUT2D eigenvalue weighted by Crippen LogP contribution is 2.14. The lowest BCUT2D eigenvalue weighted by atomic mass is 10.0. The number of amides is 3. The van der Waals surface area contributed by atoms with Gasteiger partial charge in [-0.25, -0.2) is 8.78 Å². The molecule has 0 saturated heterocycles. The van der Waals surface area contributed by atoms with E-state index in [0.29, 0.717) is 0 Å². The molecule has 0 bridgehead atoms. The number of nitrogens with one attached hydrogen (secondary N) is 3. The molecule has 0 aliphatic carbocycles. The molecule has 2 aromatic carbocycles. The van der Waals surface area contributed by atoms with Crippen LogP contribution in [-0.2, 0) is 9.59 Å². The smallest absolute Gasteiger partial charge is 0.276 e. The summed E-state index contributed by atoms with van der Waals surface area (Å²) in [5.74, 6) is -3.43. The van der Waals surface area contributed by atoms with Gasteiger partial charge in [0.2, 0.25) is 0 Å². The van der Waals surface area contributed by atoms with Crippen molar-refractivity contribution in [3.8, 4) is 5.75 Å². The summed E-state index contributed by atoms with van der Waals surface area (Å²) in [7, 11) is 0. The Balaban J connectivity index is 1.87. The van der Waals surface area contributed by atoms with Crippen LogP contribution in [0.1, 0.15) is 24.2 Å². The monoisotopic (exact) mass is 405 g/mol. The van der Waals surface area contributed by atoms with Crippen LogP contribution in [0.3, 0.4) is 0 Å². The zero-order chi connectivity index (χ0) is 21.4. The molecule has 154 valence electrons. The molecule has 3 N–H and O–H groups in total. The second-order valence-electron chi connectivity index (χ2n) is 6.46. The molecule has 7 nitrogen and oxygen atoms in total. The van der Waals surface area contributed by atoms with E-state index in [1.54, 1.807) is 19.9 Å². The Morgan fingerprint density at radius 2 is 1.62 bits per heavy atom. The highest BCUT2D eigenvalue weighted by atomic mass is 19.1. The van der Waals surface area contributed by atoms with Crippen LogP contribution in [0.25, 0.3) is 0 Å². The normalized spacial score (nSPS) is 11.5. The third kappa shape index (κ3) is 6.56. The molecule has 0 fully saturated rings. The van der Waals surface area contributed by atoms with Crippen molar-refractivity contribution in [2.45, 2.75) is 19.9 Å². The van der Waals surface area contributed by atoms with E-state index in [0.717, 1.165) is 12.1 Å². The van der Waals surface area contributed by atoms with Gasteiger partial charge in [-0.1, -0.05) is 26.0 Å². The minimum atomic E-state index is -0.958. The van der Waals surface area contributed by atoms with Crippen LogP contribution >= 0.6 is 0 Å². The molecule has 9 heteroatoms. The van der Waals surface area contributed by atoms with Crippen molar-refractivity contribution < 1.29 is 27.9 Å². The zero-order valence-electron chi connectivity index (χ0n) is 15.9. The Morgan fingerprint density at radius 1 is 0.966 bits per heavy atom. The van der Waals surface area contributed by atoms with Gasteiger partial charge < -0.3 is 10.1 Å². The summed E-state index contributed by atoms with van der Waals surface area (Å²) in [6.45, 7) is 2.89. The van der Waals surface area contributed by atoms with Gasteiger partial charge in [0.15, 0.2) is 18.2 Å². The number of carbonyl (C=O) groups is 3. The van der Waals surface area contributed by atoms with E-state index in [4.69, 9.17) is 4.74 Å². The minimum absolute atomic E-state index is 0.0967. The van der Waals surface area contributed by atoms with Crippen LogP contribution in [-0.4, -0.2) is 30.4 Å². The summed E-state index contributed by atoms with van der Waals surface area (Å²) >= 11 is 0. The highest BCUT2D eigenvalue weighted by molar-refractivity contribution is 5.97. The molecule has 0 saturated carbocycles. The average Bonchev–Trinajstić information content (AvgIpc) is 2.69. The summed E-state index contributed by atoms with van der Waals surface area (Å²) in [4.78, 5) is 36.4. The van der Waals surface area contributed by atoms with Crippen LogP contribution in [0.4, 0.5) is 8.78 Å². The van der Waals surface area contributed by atoms with E-state index in [-0.39, 0.29) is 17.2 Å². The number of hydrogen-bond donors (Lipinski definition) is 3. The van der Waals surface area contributed by atoms with Crippen LogP contribution in [0, 0.1) is 17.6 Å². The Hall–Kier alpha value is -3.49. The first-order valence-electron chi connectivity index (χ1n) is 8.80. The molecule has 0 radical (unpaired) electrons. The second-order valence-corrected chi connectivity index (χ2v) is 6.46. The largest absolute Gasteiger partial charge is 0.481 e. The maximum atomic E-state index is 13.4. The lowest BCUT2D eigenvalue weighted by Crippen LogP contribution is -2.55. The van der Waals surface area contributed by atoms with Gasteiger partial charge in [-0.15, -0.1) is 0 Å². The van der Waals surface area contributed by atoms with Crippen molar-refractivity contribution in [2.75, 3.05) is 6.61 Å². The van der Waals surface area contributed by atoms with Gasteiger partial charge in [0.25, 0.3) is 17.7 Å². The van der Waals surface area contributed by atoms with Crippen molar-refractivity contribution in [1.82, 2.24) is 16.2 Å². The Morgan fingerprint density at radius 3 is 2.24 bits per heavy atom. The van der Waals surface area contributed by atoms with Crippen molar-refractivity contribution in [3.63, 3.8) is 0 Å². The minimum Gasteiger partial charge on any atom is -0.481 e. The molecule has 0 aromatic heterocycles. The first kappa shape index (κ1) is 21.8. The van der Waals surface area contributed by atoms with Crippen LogP contribution in [0.5, 0.6) is 5.75 Å². The van der Waals surface area contributed by atoms with E-state index in [1.807, 2.05) is 0 Å². The van der Waals surface area contributed by atoms with Gasteiger partial charge >= 0.3 is 0 Å². The summed E-state index contributed by atoms with van der Waals surface area (Å²) in [6.07, 6.45) is 0. The number of carbonyl (C=O) groups excluding carboxylic acids is 3. The maximum Gasteiger partial charge on any atom is 0.276 e. The first-order valence-corrected chi connectivity index (χ1v) is 8.80. The fourth-order valence-corrected chi connectivity index (χ4v) is 2.31. The SMILES string of the molecule is CC(C)C(NC(=O)c1ccc(F)cc1)C(=O)NNC(=O)COc1ccccc1F. The zero-order valence-corrected chi connectivity index (χ0v) is 15.9. The van der Waals surface area contributed by atoms with Gasteiger partial charge in [0.1, 0.15) is 11.9 Å². The van der Waals surface area contributed by atoms with Crippen LogP contribution in [0.2, 0.25) is 0 Å². The summed E-state index contributed by atoms with van der Waals surface area (Å²) < 4.78 is 31.4. The van der Waals surface area contributed by atoms with Gasteiger partial charge in [0.05, 0.1) is 0 Å². The quantitative estimate of drug-likeness (QED) is 0.614. The molecule has 1 unspecified atom stereocenters. The van der Waals surface area contributed by atoms with Gasteiger partial charge in [-0.05, 0) is 42.3 Å². The number of rotatable bonds is 7. The molecule has 0 heterocycles. The van der Waals surface area contributed by atoms with E-state index in [2.05, 4.69) is 16.2 Å². The fourth-order valence-electron chi connectivity index (χ4n) is 2.31. The van der Waals surface area contributed by atoms with Crippen molar-refractivity contribution in [3.05, 3.63) is 65.7 Å². The number of hydrazine groups is 1. The first-order chi connectivity index (χ1) is 13.8. The Bertz CT molecular complexity index is 872. The lowest BCUT2D eigenvalue weighted by Gasteiger charge is -2.22. The predicted octanol–water partition coefficient (Wildman–Crippen LogP) is 1.95. The topological polar surface area (TPSA) is 96.5 Å². The van der Waals surface area contributed by atoms with Crippen molar-refractivity contribution in [1.29, 1.82) is 0 Å². The molecule has 29 heavy (non-hydrogen) atoms. The fraction of sp³-hybridized carbons (Fsp3) is 0.250. The maximum absolute atomic E-state index is 13.4. The Labute approximate surface area is 166 Å². The third-order valence-electron chi connectivity index (χ3n) is 3.86. The molecular weight excluding hydrogens is 384 g/mol. The van der Waals surface area contributed by atoms with E-state index in [1.165, 1.54) is 30.3 Å². The van der Waals surface area contributed by atoms with Crippen LogP contribution in [0.15, 0.2) is 48.5 Å². The molecule has 2 rings (SSSR count). The molecule has 0 aliphatic heterocycles. The van der Waals surface area contributed by atoms with Crippen molar-refractivity contribution in [2.24, 2.45) is 5.92 Å². The average molecular weight is 405 g/mol. The number of hydrogen-bond acceptors (Lipinski definition) is 4. The summed E-state index contributed by atoms with van der Waals surface area (Å²) in [5.41, 5.74) is 4.52. The molecule has 0 spiro atoms. The van der Waals surface area contributed by atoms with Crippen LogP contribution < -0.4 is 20.9 Å². The summed E-state index contributed by atoms with van der Waals surface area (Å²) in [5, 5.41) is 2.54. The molecule has 1 atom stereocenters. The molecular formula is C20H21F2N3O4. The van der Waals surface area contributed by atoms with E-state index >= 15 is 0 Å². The number of halogens is 2. The predicted molar refractivity (Wildman–Crippen MR) is 101 cm³/mol. The second kappa shape index (κ2) is 10.2. The molecule has 2 aromatic rings. The number of ether oxygens (including phenoxy) is 1. The molecule has 0 aliphatic rings. The van der Waals surface area contributed by atoms with Gasteiger partial charge in [-0.3, -0.25) is 25.2 Å². The number of para-hydroxylation sites is 1. The lowest BCUT2D eigenvalue weighted by molar-refractivity contribution is -0.131. The van der Waals surface area contributed by atoms with E-state index < -0.39 is 42.0 Å². The highest BCUT2D eigenvalue weighted by Gasteiger charge is 2.25. The standard InChI is InChI=1S/C20H21F2N3O4/c1-12(2)18(23-19(27)13-7-9-14(21)10-8-13)20(28)25-24-17(26)11-29-16-6-4-3-5-15(16)22/h3-10,12,18H,11H2,1-2H3,(H,23,27)(H,24,26)(H,25,28).